The zero-order chi connectivity index (χ0) is 44.1. The Bertz CT molecular complexity index is 2230. The Hall–Kier alpha value is -5.39. The minimum Gasteiger partial charge on any atom is -0.495 e. The van der Waals surface area contributed by atoms with Gasteiger partial charge in [-0.05, 0) is 113 Å². The van der Waals surface area contributed by atoms with Gasteiger partial charge >= 0.3 is 5.92 Å². The second-order valence-corrected chi connectivity index (χ2v) is 18.0. The molecule has 332 valence electrons. The number of β-amino-alcohol motifs (C(OH)–C–C–N with tert-alkyl or cyclic N) is 1. The highest BCUT2D eigenvalue weighted by atomic mass is 19.3. The van der Waals surface area contributed by atoms with Crippen molar-refractivity contribution in [1.29, 1.82) is 0 Å². The molecular formula is C45H55F3N8O6. The van der Waals surface area contributed by atoms with Crippen molar-refractivity contribution in [3.8, 4) is 5.75 Å². The minimum absolute atomic E-state index is 0.0792. The summed E-state index contributed by atoms with van der Waals surface area (Å²) in [5, 5.41) is 19.1. The van der Waals surface area contributed by atoms with E-state index in [-0.39, 0.29) is 29.7 Å². The highest BCUT2D eigenvalue weighted by Gasteiger charge is 2.48. The first-order valence-electron chi connectivity index (χ1n) is 21.4. The molecule has 62 heavy (non-hydrogen) atoms. The number of hydrogen-bond acceptors (Lipinski definition) is 11. The lowest BCUT2D eigenvalue weighted by atomic mass is 9.72. The van der Waals surface area contributed by atoms with Gasteiger partial charge in [0.2, 0.25) is 11.8 Å². The number of aliphatic hydroxyl groups is 1. The smallest absolute Gasteiger partial charge is 0.342 e. The van der Waals surface area contributed by atoms with Crippen molar-refractivity contribution >= 4 is 52.1 Å². The summed E-state index contributed by atoms with van der Waals surface area (Å²) < 4.78 is 50.6. The number of fused-ring (bicyclic) bond motifs is 1. The lowest BCUT2D eigenvalue weighted by Crippen LogP contribution is -2.65. The molecule has 0 saturated carbocycles. The van der Waals surface area contributed by atoms with E-state index in [2.05, 4.69) is 21.0 Å². The number of amides is 4. The number of nitrogens with one attached hydrogen (secondary N) is 3. The number of hydrazine groups is 1. The molecule has 14 nitrogen and oxygen atoms in total. The number of nitrogens with zero attached hydrogens (tertiary/aromatic N) is 5. The van der Waals surface area contributed by atoms with Gasteiger partial charge in [-0.3, -0.25) is 29.9 Å². The quantitative estimate of drug-likeness (QED) is 0.204. The van der Waals surface area contributed by atoms with Crippen LogP contribution in [0.5, 0.6) is 5.75 Å². The number of likely N-dealkylation sites (tertiary alicyclic amines) is 1. The number of anilines is 5. The molecule has 4 saturated heterocycles. The number of piperidine rings is 3. The van der Waals surface area contributed by atoms with Gasteiger partial charge in [0.05, 0.1) is 47.9 Å². The SMILES string of the molecule is COc1cc(C(=O)NN2CC3(CCN(CC4(O)CCN(c5ccc(C6CCC(=O)NC6=O)cc5F)CC4)CC3)C2)ccc1Nc1ccc2c(c1)N(C(C)C)CC(F)(F)C(=O)N2C. The molecule has 4 N–H and O–H groups in total. The van der Waals surface area contributed by atoms with Crippen LogP contribution in [0.1, 0.15) is 74.2 Å². The molecule has 5 aliphatic heterocycles. The number of methoxy groups -OCH3 is 1. The molecule has 1 atom stereocenters. The Morgan fingerprint density at radius 2 is 1.63 bits per heavy atom. The summed E-state index contributed by atoms with van der Waals surface area (Å²) in [6.07, 6.45) is 3.47. The maximum atomic E-state index is 15.3. The standard InChI is InChI=1S/C45H55F3N8O6/c1-28(2)56-27-45(47,48)42(60)52(3)36-11-7-31(23-37(36)56)49-34-9-5-30(22-38(34)62-4)40(58)51-55-24-43(25-55)13-17-53(18-14-43)26-44(61)15-19-54(20-16-44)35-10-6-29(21-33(35)46)32-8-12-39(57)50-41(32)59/h5-7,9-11,21-23,28,32,49,61H,8,12-20,24-27H2,1-4H3,(H,51,58)(H,50,57,59). The molecule has 17 heteroatoms. The number of imide groups is 1. The van der Waals surface area contributed by atoms with Crippen LogP contribution in [0.4, 0.5) is 41.6 Å². The normalized spacial score (nSPS) is 22.5. The predicted octanol–water partition coefficient (Wildman–Crippen LogP) is 5.00. The first kappa shape index (κ1) is 43.3. The zero-order valence-electron chi connectivity index (χ0n) is 35.6. The summed E-state index contributed by atoms with van der Waals surface area (Å²) in [4.78, 5) is 56.5. The number of halogens is 3. The molecule has 4 fully saturated rings. The van der Waals surface area contributed by atoms with Crippen molar-refractivity contribution in [2.24, 2.45) is 5.41 Å². The van der Waals surface area contributed by atoms with Crippen LogP contribution in [0, 0.1) is 11.2 Å². The minimum atomic E-state index is -3.55. The van der Waals surface area contributed by atoms with E-state index in [1.165, 1.54) is 25.1 Å². The summed E-state index contributed by atoms with van der Waals surface area (Å²) in [5.41, 5.74) is 5.67. The Morgan fingerprint density at radius 3 is 2.29 bits per heavy atom. The van der Waals surface area contributed by atoms with E-state index >= 15 is 4.39 Å². The Morgan fingerprint density at radius 1 is 0.919 bits per heavy atom. The zero-order valence-corrected chi connectivity index (χ0v) is 35.6. The molecule has 0 aromatic heterocycles. The van der Waals surface area contributed by atoms with E-state index in [0.717, 1.165) is 43.9 Å². The number of ether oxygens (including phenoxy) is 1. The fourth-order valence-corrected chi connectivity index (χ4v) is 9.69. The van der Waals surface area contributed by atoms with Gasteiger partial charge in [-0.25, -0.2) is 9.40 Å². The number of hydrogen-bond donors (Lipinski definition) is 4. The number of carbonyl (C=O) groups is 4. The molecule has 3 aromatic carbocycles. The maximum absolute atomic E-state index is 15.3. The van der Waals surface area contributed by atoms with Gasteiger partial charge in [-0.1, -0.05) is 6.07 Å². The van der Waals surface area contributed by atoms with Crippen LogP contribution >= 0.6 is 0 Å². The lowest BCUT2D eigenvalue weighted by Gasteiger charge is -2.54. The molecule has 5 aliphatic rings. The van der Waals surface area contributed by atoms with Crippen LogP contribution in [0.25, 0.3) is 0 Å². The van der Waals surface area contributed by atoms with Crippen LogP contribution in [-0.4, -0.2) is 123 Å². The highest BCUT2D eigenvalue weighted by molar-refractivity contribution is 6.03. The lowest BCUT2D eigenvalue weighted by molar-refractivity contribution is -0.140. The number of alkyl halides is 2. The van der Waals surface area contributed by atoms with Crippen molar-refractivity contribution in [3.05, 3.63) is 71.5 Å². The molecule has 1 spiro atoms. The summed E-state index contributed by atoms with van der Waals surface area (Å²) >= 11 is 0. The average molecular weight is 861 g/mol. The summed E-state index contributed by atoms with van der Waals surface area (Å²) in [6, 6.07) is 14.7. The number of carbonyl (C=O) groups excluding carboxylic acids is 4. The topological polar surface area (TPSA) is 150 Å². The van der Waals surface area contributed by atoms with Gasteiger partial charge in [0, 0.05) is 68.9 Å². The fourth-order valence-electron chi connectivity index (χ4n) is 9.69. The molecule has 1 unspecified atom stereocenters. The van der Waals surface area contributed by atoms with Crippen LogP contribution in [0.3, 0.4) is 0 Å². The van der Waals surface area contributed by atoms with Gasteiger partial charge < -0.3 is 34.8 Å². The van der Waals surface area contributed by atoms with E-state index in [1.807, 2.05) is 9.91 Å². The van der Waals surface area contributed by atoms with Gasteiger partial charge in [0.25, 0.3) is 11.8 Å². The average Bonchev–Trinajstić information content (AvgIpc) is 3.29. The Balaban J connectivity index is 0.804. The van der Waals surface area contributed by atoms with E-state index in [4.69, 9.17) is 4.74 Å². The van der Waals surface area contributed by atoms with E-state index in [1.54, 1.807) is 62.4 Å². The largest absolute Gasteiger partial charge is 0.495 e. The van der Waals surface area contributed by atoms with Gasteiger partial charge in [0.15, 0.2) is 0 Å². The van der Waals surface area contributed by atoms with Crippen molar-refractivity contribution in [1.82, 2.24) is 20.7 Å². The molecule has 0 aliphatic carbocycles. The van der Waals surface area contributed by atoms with Crippen molar-refractivity contribution in [3.63, 3.8) is 0 Å². The molecule has 8 rings (SSSR count). The van der Waals surface area contributed by atoms with Crippen molar-refractivity contribution < 1.29 is 42.2 Å². The molecule has 3 aromatic rings. The van der Waals surface area contributed by atoms with Crippen LogP contribution in [0.15, 0.2) is 54.6 Å². The molecular weight excluding hydrogens is 806 g/mol. The molecule has 5 heterocycles. The predicted molar refractivity (Wildman–Crippen MR) is 229 cm³/mol. The third kappa shape index (κ3) is 8.66. The molecule has 4 amide bonds. The van der Waals surface area contributed by atoms with Crippen molar-refractivity contribution in [2.45, 2.75) is 75.9 Å². The van der Waals surface area contributed by atoms with E-state index < -0.39 is 41.6 Å². The van der Waals surface area contributed by atoms with Crippen molar-refractivity contribution in [2.75, 3.05) is 86.5 Å². The van der Waals surface area contributed by atoms with E-state index in [0.29, 0.717) is 84.2 Å². The summed E-state index contributed by atoms with van der Waals surface area (Å²) in [5.74, 6) is -6.32. The Kier molecular flexibility index (Phi) is 11.7. The van der Waals surface area contributed by atoms with Crippen LogP contribution in [0.2, 0.25) is 0 Å². The molecule has 0 radical (unpaired) electrons. The van der Waals surface area contributed by atoms with Gasteiger partial charge in [-0.2, -0.15) is 8.78 Å². The van der Waals surface area contributed by atoms with Gasteiger partial charge in [-0.15, -0.1) is 0 Å². The third-order valence-electron chi connectivity index (χ3n) is 13.4. The summed E-state index contributed by atoms with van der Waals surface area (Å²) in [6.45, 7) is 7.51. The molecule has 0 bridgehead atoms. The number of benzene rings is 3. The number of rotatable bonds is 10. The second kappa shape index (κ2) is 16.7. The summed E-state index contributed by atoms with van der Waals surface area (Å²) in [7, 11) is 2.86. The monoisotopic (exact) mass is 860 g/mol. The Labute approximate surface area is 359 Å². The third-order valence-corrected chi connectivity index (χ3v) is 13.4. The second-order valence-electron chi connectivity index (χ2n) is 18.0. The fraction of sp³-hybridized carbons (Fsp3) is 0.511. The first-order chi connectivity index (χ1) is 29.4. The van der Waals surface area contributed by atoms with Crippen LogP contribution in [-0.2, 0) is 14.4 Å². The van der Waals surface area contributed by atoms with E-state index in [9.17, 15) is 33.1 Å². The first-order valence-corrected chi connectivity index (χ1v) is 21.4. The maximum Gasteiger partial charge on any atom is 0.342 e. The highest BCUT2D eigenvalue weighted by Crippen LogP contribution is 2.42. The van der Waals surface area contributed by atoms with Gasteiger partial charge in [0.1, 0.15) is 11.6 Å². The van der Waals surface area contributed by atoms with Crippen LogP contribution < -0.4 is 35.5 Å².